The molecule has 0 bridgehead atoms. The third-order valence-electron chi connectivity index (χ3n) is 14.9. The molecule has 9 atom stereocenters. The Morgan fingerprint density at radius 1 is 0.712 bits per heavy atom. The summed E-state index contributed by atoms with van der Waals surface area (Å²) in [7, 11) is 3.35. The van der Waals surface area contributed by atoms with Gasteiger partial charge < -0.3 is 46.1 Å². The fourth-order valence-electron chi connectivity index (χ4n) is 10.3. The van der Waals surface area contributed by atoms with Crippen LogP contribution in [0.1, 0.15) is 138 Å². The van der Waals surface area contributed by atoms with Crippen molar-refractivity contribution >= 4 is 35.4 Å². The van der Waals surface area contributed by atoms with Gasteiger partial charge in [-0.1, -0.05) is 114 Å². The molecule has 6 N–H and O–H groups in total. The molecule has 392 valence electrons. The average molecular weight is 1000 g/mol. The second-order valence-electron chi connectivity index (χ2n) is 22.4. The number of hydrogen-bond acceptors (Lipinski definition) is 11. The number of aryl methyl sites for hydroxylation is 2. The second-order valence-corrected chi connectivity index (χ2v) is 22.4. The van der Waals surface area contributed by atoms with E-state index in [4.69, 9.17) is 4.42 Å². The number of nitrogens with zero attached hydrogens (tertiary/aromatic N) is 4. The zero-order valence-electron chi connectivity index (χ0n) is 44.4. The lowest BCUT2D eigenvalue weighted by Crippen LogP contribution is -2.62. The van der Waals surface area contributed by atoms with Crippen LogP contribution in [0.15, 0.2) is 77.2 Å². The van der Waals surface area contributed by atoms with Crippen LogP contribution in [0.2, 0.25) is 0 Å². The Hall–Kier alpha value is -6.46. The van der Waals surface area contributed by atoms with E-state index in [1.54, 1.807) is 44.7 Å². The number of aromatic nitrogens is 2. The quantitative estimate of drug-likeness (QED) is 0.0888. The van der Waals surface area contributed by atoms with Gasteiger partial charge >= 0.3 is 0 Å². The van der Waals surface area contributed by atoms with Crippen molar-refractivity contribution in [2.24, 2.45) is 10.8 Å². The number of likely N-dealkylation sites (N-methyl/N-ethyl adjacent to an activating group) is 2. The van der Waals surface area contributed by atoms with E-state index in [2.05, 4.69) is 54.2 Å². The summed E-state index contributed by atoms with van der Waals surface area (Å²) in [6, 6.07) is 17.9. The number of amides is 6. The first kappa shape index (κ1) is 54.3. The molecule has 3 heterocycles. The van der Waals surface area contributed by atoms with Gasteiger partial charge in [-0.3, -0.25) is 28.8 Å². The summed E-state index contributed by atoms with van der Waals surface area (Å²) in [6.45, 7) is 16.7. The Bertz CT molecular complexity index is 2640. The van der Waals surface area contributed by atoms with Crippen LogP contribution in [0.3, 0.4) is 0 Å². The molecule has 6 amide bonds. The fourth-order valence-corrected chi connectivity index (χ4v) is 10.3. The highest BCUT2D eigenvalue weighted by molar-refractivity contribution is 5.95. The molecule has 3 aromatic carbocycles. The summed E-state index contributed by atoms with van der Waals surface area (Å²) < 4.78 is 5.88. The summed E-state index contributed by atoms with van der Waals surface area (Å²) in [5.41, 5.74) is 4.31. The normalized spacial score (nSPS) is 20.9. The van der Waals surface area contributed by atoms with Gasteiger partial charge in [-0.25, -0.2) is 0 Å². The molecule has 73 heavy (non-hydrogen) atoms. The minimum absolute atomic E-state index is 0.0806. The summed E-state index contributed by atoms with van der Waals surface area (Å²) in [5.74, 6) is -1.91. The molecule has 17 nitrogen and oxygen atoms in total. The van der Waals surface area contributed by atoms with Gasteiger partial charge in [0.1, 0.15) is 30.2 Å². The number of hydrogen-bond donors (Lipinski definition) is 6. The van der Waals surface area contributed by atoms with E-state index >= 15 is 9.59 Å². The number of rotatable bonds is 16. The molecule has 17 heteroatoms. The highest BCUT2D eigenvalue weighted by Gasteiger charge is 2.47. The van der Waals surface area contributed by atoms with Crippen LogP contribution in [-0.2, 0) is 54.6 Å². The molecule has 3 aliphatic rings. The number of carbonyl (C=O) groups excluding carboxylic acids is 6. The van der Waals surface area contributed by atoms with Crippen molar-refractivity contribution in [1.82, 2.24) is 51.9 Å². The van der Waals surface area contributed by atoms with E-state index in [9.17, 15) is 19.2 Å². The molecule has 0 radical (unpaired) electrons. The lowest BCUT2D eigenvalue weighted by molar-refractivity contribution is -0.147. The van der Waals surface area contributed by atoms with Crippen LogP contribution in [-0.4, -0.2) is 112 Å². The third kappa shape index (κ3) is 12.7. The van der Waals surface area contributed by atoms with Gasteiger partial charge in [-0.05, 0) is 97.8 Å². The molecule has 0 spiro atoms. The van der Waals surface area contributed by atoms with E-state index in [1.807, 2.05) is 102 Å². The van der Waals surface area contributed by atoms with E-state index in [0.717, 1.165) is 47.1 Å². The highest BCUT2D eigenvalue weighted by atomic mass is 16.4. The first-order valence-corrected chi connectivity index (χ1v) is 25.8. The van der Waals surface area contributed by atoms with Crippen LogP contribution >= 0.6 is 0 Å². The zero-order valence-corrected chi connectivity index (χ0v) is 44.4. The SMILES string of the molecule is CN[C@@H](C)C(=O)NC(C(=O)N1C[C@@H](c2ccc3c(c2)CN(C(=O)[C@@H](NC(=O)[C@H](C)NC)C(C)(C)C)[C@H](C(=O)N[C@@H]2CCCc4ccccc42)C3)C[C@H]1C(=O)N[C@@H](Cc1ccccc1)c1nnc(C)o1)C(C)(C)C. The number of fused-ring (bicyclic) bond motifs is 2. The van der Waals surface area contributed by atoms with Crippen molar-refractivity contribution < 1.29 is 33.2 Å². The molecule has 7 rings (SSSR count). The van der Waals surface area contributed by atoms with Crippen LogP contribution in [0.4, 0.5) is 0 Å². The van der Waals surface area contributed by atoms with Crippen molar-refractivity contribution in [3.05, 3.63) is 118 Å². The molecule has 2 aliphatic heterocycles. The predicted molar refractivity (Wildman–Crippen MR) is 277 cm³/mol. The predicted octanol–water partition coefficient (Wildman–Crippen LogP) is 4.89. The molecular weight excluding hydrogens is 925 g/mol. The number of carbonyl (C=O) groups is 6. The third-order valence-corrected chi connectivity index (χ3v) is 14.9. The van der Waals surface area contributed by atoms with E-state index < -0.39 is 64.9 Å². The molecular formula is C56H76N10O7. The number of nitrogens with one attached hydrogen (secondary N) is 6. The van der Waals surface area contributed by atoms with E-state index in [-0.39, 0.29) is 67.4 Å². The topological polar surface area (TPSA) is 220 Å². The van der Waals surface area contributed by atoms with E-state index in [1.165, 1.54) is 5.56 Å². The Morgan fingerprint density at radius 2 is 1.33 bits per heavy atom. The van der Waals surface area contributed by atoms with Gasteiger partial charge in [-0.15, -0.1) is 10.2 Å². The van der Waals surface area contributed by atoms with Gasteiger partial charge in [0.2, 0.25) is 47.2 Å². The van der Waals surface area contributed by atoms with Gasteiger partial charge in [0.25, 0.3) is 0 Å². The smallest absolute Gasteiger partial charge is 0.246 e. The summed E-state index contributed by atoms with van der Waals surface area (Å²) in [4.78, 5) is 89.9. The molecule has 1 unspecified atom stereocenters. The number of likely N-dealkylation sites (tertiary alicyclic amines) is 1. The first-order chi connectivity index (χ1) is 34.6. The first-order valence-electron chi connectivity index (χ1n) is 25.8. The lowest BCUT2D eigenvalue weighted by Gasteiger charge is -2.42. The Labute approximate surface area is 430 Å². The maximum atomic E-state index is 15.1. The minimum Gasteiger partial charge on any atom is -0.423 e. The minimum atomic E-state index is -0.982. The van der Waals surface area contributed by atoms with Crippen molar-refractivity contribution in [2.75, 3.05) is 20.6 Å². The molecule has 4 aromatic rings. The summed E-state index contributed by atoms with van der Waals surface area (Å²) in [6.07, 6.45) is 3.45. The molecule has 1 fully saturated rings. The van der Waals surface area contributed by atoms with Crippen LogP contribution in [0.25, 0.3) is 0 Å². The van der Waals surface area contributed by atoms with Crippen molar-refractivity contribution in [2.45, 2.75) is 162 Å². The monoisotopic (exact) mass is 1000 g/mol. The summed E-state index contributed by atoms with van der Waals surface area (Å²) >= 11 is 0. The van der Waals surface area contributed by atoms with Gasteiger partial charge in [-0.2, -0.15) is 0 Å². The standard InChI is InChI=1S/C56H76N10O7/c1-32(57-10)48(67)61-46(55(4,5)6)53(71)65-30-39-27-37(24-25-38(39)28-44(65)50(69)59-42-23-17-21-36-20-15-16-22-41(36)42)40-29-45(66(31-40)54(72)47(56(7,8)9)62-49(68)33(2)58-11)51(70)60-43(52-64-63-34(3)73-52)26-35-18-13-12-14-19-35/h12-16,18-20,22,24-25,27,32-33,40,42-47,57-58H,17,21,23,26,28-31H2,1-11H3,(H,59,69)(H,60,70)(H,61,67)(H,62,68)/t32-,33-,40-,42+,43-,44-,45-,46+,47?/m0/s1. The highest BCUT2D eigenvalue weighted by Crippen LogP contribution is 2.38. The fraction of sp³-hybridized carbons (Fsp3) is 0.536. The Kier molecular flexibility index (Phi) is 16.9. The maximum Gasteiger partial charge on any atom is 0.246 e. The van der Waals surface area contributed by atoms with Gasteiger partial charge in [0, 0.05) is 38.8 Å². The van der Waals surface area contributed by atoms with E-state index in [0.29, 0.717) is 12.3 Å². The average Bonchev–Trinajstić information content (AvgIpc) is 4.02. The van der Waals surface area contributed by atoms with Crippen molar-refractivity contribution in [3.63, 3.8) is 0 Å². The Balaban J connectivity index is 1.24. The molecule has 1 saturated heterocycles. The van der Waals surface area contributed by atoms with Crippen LogP contribution in [0.5, 0.6) is 0 Å². The summed E-state index contributed by atoms with van der Waals surface area (Å²) in [5, 5.41) is 26.7. The molecule has 0 saturated carbocycles. The van der Waals surface area contributed by atoms with Crippen LogP contribution in [0, 0.1) is 17.8 Å². The lowest BCUT2D eigenvalue weighted by atomic mass is 9.83. The number of benzene rings is 3. The Morgan fingerprint density at radius 3 is 1.93 bits per heavy atom. The van der Waals surface area contributed by atoms with Crippen molar-refractivity contribution in [1.29, 1.82) is 0 Å². The molecule has 1 aromatic heterocycles. The van der Waals surface area contributed by atoms with Crippen LogP contribution < -0.4 is 31.9 Å². The largest absolute Gasteiger partial charge is 0.423 e. The zero-order chi connectivity index (χ0) is 52.9. The van der Waals surface area contributed by atoms with Gasteiger partial charge in [0.15, 0.2) is 0 Å². The van der Waals surface area contributed by atoms with Gasteiger partial charge in [0.05, 0.1) is 18.1 Å². The second kappa shape index (κ2) is 22.8. The van der Waals surface area contributed by atoms with Crippen molar-refractivity contribution in [3.8, 4) is 0 Å². The maximum absolute atomic E-state index is 15.1. The molecule has 1 aliphatic carbocycles.